The monoisotopic (exact) mass is 282 g/mol. The highest BCUT2D eigenvalue weighted by Gasteiger charge is 2.12. The summed E-state index contributed by atoms with van der Waals surface area (Å²) in [4.78, 5) is 4.74. The molecule has 0 spiro atoms. The van der Waals surface area contributed by atoms with Crippen LogP contribution < -0.4 is 4.74 Å². The van der Waals surface area contributed by atoms with E-state index in [1.807, 2.05) is 42.5 Å². The second kappa shape index (κ2) is 5.97. The molecule has 0 atom stereocenters. The quantitative estimate of drug-likeness (QED) is 0.782. The minimum atomic E-state index is 0.171. The Labute approximate surface area is 123 Å². The van der Waals surface area contributed by atoms with Crippen molar-refractivity contribution in [2.24, 2.45) is 0 Å². The fraction of sp³-hybridized carbons (Fsp3) is 0.235. The van der Waals surface area contributed by atoms with E-state index in [1.165, 1.54) is 0 Å². The maximum absolute atomic E-state index is 9.13. The van der Waals surface area contributed by atoms with E-state index in [0.717, 1.165) is 34.7 Å². The van der Waals surface area contributed by atoms with Crippen molar-refractivity contribution in [3.05, 3.63) is 48.5 Å². The number of aromatic nitrogens is 2. The van der Waals surface area contributed by atoms with Gasteiger partial charge in [-0.05, 0) is 30.7 Å². The van der Waals surface area contributed by atoms with Gasteiger partial charge in [0, 0.05) is 18.7 Å². The molecule has 0 bridgehead atoms. The predicted octanol–water partition coefficient (Wildman–Crippen LogP) is 3.09. The highest BCUT2D eigenvalue weighted by molar-refractivity contribution is 5.80. The number of nitrogens with zero attached hydrogens (tertiary/aromatic N) is 2. The average Bonchev–Trinajstić information content (AvgIpc) is 2.91. The standard InChI is InChI=1S/C17H18N2O2/c1-21-14-7-4-6-13(12-14)17-18-15-8-2-3-9-16(15)19(17)10-5-11-20/h2-4,6-9,12,20H,5,10-11H2,1H3. The Kier molecular flexibility index (Phi) is 3.88. The third kappa shape index (κ3) is 2.62. The number of benzene rings is 2. The molecule has 4 nitrogen and oxygen atoms in total. The molecule has 108 valence electrons. The van der Waals surface area contributed by atoms with Gasteiger partial charge in [-0.15, -0.1) is 0 Å². The Morgan fingerprint density at radius 1 is 1.14 bits per heavy atom. The topological polar surface area (TPSA) is 47.3 Å². The van der Waals surface area contributed by atoms with Crippen LogP contribution in [0.2, 0.25) is 0 Å². The maximum atomic E-state index is 9.13. The lowest BCUT2D eigenvalue weighted by molar-refractivity contribution is 0.281. The molecule has 1 heterocycles. The summed E-state index contributed by atoms with van der Waals surface area (Å²) in [5.41, 5.74) is 3.07. The van der Waals surface area contributed by atoms with Crippen LogP contribution in [0, 0.1) is 0 Å². The minimum Gasteiger partial charge on any atom is -0.497 e. The lowest BCUT2D eigenvalue weighted by atomic mass is 10.2. The molecule has 4 heteroatoms. The van der Waals surface area contributed by atoms with Crippen molar-refractivity contribution in [1.29, 1.82) is 0 Å². The predicted molar refractivity (Wildman–Crippen MR) is 83.4 cm³/mol. The number of hydrogen-bond donors (Lipinski definition) is 1. The normalized spacial score (nSPS) is 11.0. The Morgan fingerprint density at radius 3 is 2.81 bits per heavy atom. The van der Waals surface area contributed by atoms with Crippen molar-refractivity contribution in [3.8, 4) is 17.1 Å². The van der Waals surface area contributed by atoms with Crippen LogP contribution >= 0.6 is 0 Å². The summed E-state index contributed by atoms with van der Waals surface area (Å²) in [5, 5.41) is 9.13. The maximum Gasteiger partial charge on any atom is 0.141 e. The van der Waals surface area contributed by atoms with Gasteiger partial charge in [0.1, 0.15) is 11.6 Å². The molecule has 0 saturated heterocycles. The van der Waals surface area contributed by atoms with E-state index >= 15 is 0 Å². The second-order valence-electron chi connectivity index (χ2n) is 4.88. The summed E-state index contributed by atoms with van der Waals surface area (Å²) in [7, 11) is 1.66. The number of para-hydroxylation sites is 2. The number of aryl methyl sites for hydroxylation is 1. The van der Waals surface area contributed by atoms with Gasteiger partial charge in [0.2, 0.25) is 0 Å². The molecule has 0 radical (unpaired) electrons. The molecular formula is C17H18N2O2. The summed E-state index contributed by atoms with van der Waals surface area (Å²) in [5.74, 6) is 1.72. The summed E-state index contributed by atoms with van der Waals surface area (Å²) < 4.78 is 7.45. The first kappa shape index (κ1) is 13.6. The van der Waals surface area contributed by atoms with E-state index in [4.69, 9.17) is 14.8 Å². The van der Waals surface area contributed by atoms with Gasteiger partial charge in [0.05, 0.1) is 18.1 Å². The number of aliphatic hydroxyl groups is 1. The van der Waals surface area contributed by atoms with E-state index in [-0.39, 0.29) is 6.61 Å². The molecule has 0 aliphatic carbocycles. The van der Waals surface area contributed by atoms with Crippen LogP contribution in [0.1, 0.15) is 6.42 Å². The molecule has 3 aromatic rings. The number of aliphatic hydroxyl groups excluding tert-OH is 1. The Hall–Kier alpha value is -2.33. The Balaban J connectivity index is 2.15. The number of imidazole rings is 1. The van der Waals surface area contributed by atoms with Crippen LogP contribution in [0.25, 0.3) is 22.4 Å². The Morgan fingerprint density at radius 2 is 2.00 bits per heavy atom. The highest BCUT2D eigenvalue weighted by Crippen LogP contribution is 2.27. The molecule has 0 aliphatic heterocycles. The number of methoxy groups -OCH3 is 1. The van der Waals surface area contributed by atoms with Crippen molar-refractivity contribution >= 4 is 11.0 Å². The largest absolute Gasteiger partial charge is 0.497 e. The van der Waals surface area contributed by atoms with Crippen LogP contribution in [0.5, 0.6) is 5.75 Å². The van der Waals surface area contributed by atoms with Gasteiger partial charge in [-0.1, -0.05) is 24.3 Å². The molecule has 0 unspecified atom stereocenters. The van der Waals surface area contributed by atoms with Crippen LogP contribution in [0.4, 0.5) is 0 Å². The number of rotatable bonds is 5. The average molecular weight is 282 g/mol. The SMILES string of the molecule is COc1cccc(-c2nc3ccccc3n2CCCO)c1. The van der Waals surface area contributed by atoms with Crippen molar-refractivity contribution in [1.82, 2.24) is 9.55 Å². The molecule has 0 aliphatic rings. The zero-order chi connectivity index (χ0) is 14.7. The van der Waals surface area contributed by atoms with Crippen molar-refractivity contribution in [3.63, 3.8) is 0 Å². The van der Waals surface area contributed by atoms with E-state index in [2.05, 4.69) is 10.6 Å². The van der Waals surface area contributed by atoms with Gasteiger partial charge in [-0.3, -0.25) is 0 Å². The first-order chi connectivity index (χ1) is 10.3. The number of ether oxygens (including phenoxy) is 1. The molecule has 2 aromatic carbocycles. The van der Waals surface area contributed by atoms with E-state index in [1.54, 1.807) is 7.11 Å². The molecule has 0 amide bonds. The lowest BCUT2D eigenvalue weighted by Crippen LogP contribution is -2.02. The first-order valence-electron chi connectivity index (χ1n) is 7.04. The second-order valence-corrected chi connectivity index (χ2v) is 4.88. The summed E-state index contributed by atoms with van der Waals surface area (Å²) >= 11 is 0. The smallest absolute Gasteiger partial charge is 0.141 e. The Bertz CT molecular complexity index is 749. The van der Waals surface area contributed by atoms with Gasteiger partial charge in [-0.25, -0.2) is 4.98 Å². The molecule has 1 aromatic heterocycles. The van der Waals surface area contributed by atoms with E-state index in [9.17, 15) is 0 Å². The van der Waals surface area contributed by atoms with Crippen LogP contribution in [-0.4, -0.2) is 28.4 Å². The van der Waals surface area contributed by atoms with Gasteiger partial charge in [-0.2, -0.15) is 0 Å². The molecule has 0 saturated carbocycles. The third-order valence-corrected chi connectivity index (χ3v) is 3.52. The number of fused-ring (bicyclic) bond motifs is 1. The van der Waals surface area contributed by atoms with Crippen molar-refractivity contribution < 1.29 is 9.84 Å². The van der Waals surface area contributed by atoms with Crippen LogP contribution in [0.3, 0.4) is 0 Å². The summed E-state index contributed by atoms with van der Waals surface area (Å²) in [6.45, 7) is 0.910. The molecule has 1 N–H and O–H groups in total. The van der Waals surface area contributed by atoms with Gasteiger partial charge >= 0.3 is 0 Å². The fourth-order valence-electron chi connectivity index (χ4n) is 2.51. The van der Waals surface area contributed by atoms with Gasteiger partial charge in [0.15, 0.2) is 0 Å². The van der Waals surface area contributed by atoms with Crippen molar-refractivity contribution in [2.45, 2.75) is 13.0 Å². The van der Waals surface area contributed by atoms with Crippen LogP contribution in [-0.2, 0) is 6.54 Å². The molecule has 3 rings (SSSR count). The van der Waals surface area contributed by atoms with Crippen LogP contribution in [0.15, 0.2) is 48.5 Å². The van der Waals surface area contributed by atoms with E-state index < -0.39 is 0 Å². The molecule has 0 fully saturated rings. The minimum absolute atomic E-state index is 0.171. The fourth-order valence-corrected chi connectivity index (χ4v) is 2.51. The first-order valence-corrected chi connectivity index (χ1v) is 7.04. The van der Waals surface area contributed by atoms with Crippen molar-refractivity contribution in [2.75, 3.05) is 13.7 Å². The van der Waals surface area contributed by atoms with E-state index in [0.29, 0.717) is 6.42 Å². The summed E-state index contributed by atoms with van der Waals surface area (Å²) in [6, 6.07) is 16.0. The number of hydrogen-bond acceptors (Lipinski definition) is 3. The lowest BCUT2D eigenvalue weighted by Gasteiger charge is -2.09. The third-order valence-electron chi connectivity index (χ3n) is 3.52. The summed E-state index contributed by atoms with van der Waals surface area (Å²) in [6.07, 6.45) is 0.706. The zero-order valence-corrected chi connectivity index (χ0v) is 12.0. The van der Waals surface area contributed by atoms with Gasteiger partial charge in [0.25, 0.3) is 0 Å². The molecular weight excluding hydrogens is 264 g/mol. The molecule has 21 heavy (non-hydrogen) atoms. The zero-order valence-electron chi connectivity index (χ0n) is 12.0. The highest BCUT2D eigenvalue weighted by atomic mass is 16.5. The van der Waals surface area contributed by atoms with Gasteiger partial charge < -0.3 is 14.4 Å².